The summed E-state index contributed by atoms with van der Waals surface area (Å²) in [5, 5.41) is 7.88. The fourth-order valence-electron chi connectivity index (χ4n) is 3.83. The lowest BCUT2D eigenvalue weighted by atomic mass is 10.1. The van der Waals surface area contributed by atoms with Gasteiger partial charge in [0.05, 0.1) is 11.7 Å². The molecule has 0 spiro atoms. The fourth-order valence-corrected chi connectivity index (χ4v) is 3.95. The lowest BCUT2D eigenvalue weighted by Gasteiger charge is -2.23. The van der Waals surface area contributed by atoms with Gasteiger partial charge in [-0.25, -0.2) is 9.67 Å². The number of carbonyl (C=O) groups is 2. The quantitative estimate of drug-likeness (QED) is 0.615. The molecule has 8 nitrogen and oxygen atoms in total. The maximum absolute atomic E-state index is 12.9. The molecule has 1 aromatic heterocycles. The molecule has 1 fully saturated rings. The normalized spacial score (nSPS) is 16.4. The number of hydrogen-bond donors (Lipinski definition) is 2. The van der Waals surface area contributed by atoms with E-state index in [9.17, 15) is 9.59 Å². The van der Waals surface area contributed by atoms with Crippen LogP contribution in [0, 0.1) is 6.92 Å². The Kier molecular flexibility index (Phi) is 6.01. The van der Waals surface area contributed by atoms with E-state index in [0.29, 0.717) is 23.1 Å². The third kappa shape index (κ3) is 4.60. The van der Waals surface area contributed by atoms with Crippen LogP contribution in [0.15, 0.2) is 48.5 Å². The molecular formula is C22H23ClN6O2. The summed E-state index contributed by atoms with van der Waals surface area (Å²) in [6, 6.07) is 14.4. The predicted octanol–water partition coefficient (Wildman–Crippen LogP) is 2.93. The molecule has 0 bridgehead atoms. The van der Waals surface area contributed by atoms with Crippen molar-refractivity contribution >= 4 is 29.1 Å². The minimum absolute atomic E-state index is 0.0680. The average molecular weight is 439 g/mol. The molecule has 3 N–H and O–H groups in total. The third-order valence-corrected chi connectivity index (χ3v) is 5.63. The molecular weight excluding hydrogens is 416 g/mol. The van der Waals surface area contributed by atoms with Gasteiger partial charge in [-0.3, -0.25) is 14.5 Å². The number of para-hydroxylation sites is 1. The predicted molar refractivity (Wildman–Crippen MR) is 118 cm³/mol. The molecule has 2 amide bonds. The molecule has 0 aliphatic carbocycles. The summed E-state index contributed by atoms with van der Waals surface area (Å²) in [7, 11) is 0. The Labute approximate surface area is 185 Å². The minimum Gasteiger partial charge on any atom is -0.368 e. The number of carbonyl (C=O) groups excluding carboxylic acids is 2. The number of halogens is 1. The van der Waals surface area contributed by atoms with Crippen molar-refractivity contribution in [1.29, 1.82) is 0 Å². The van der Waals surface area contributed by atoms with Crippen molar-refractivity contribution in [1.82, 2.24) is 19.7 Å². The molecule has 1 saturated heterocycles. The summed E-state index contributed by atoms with van der Waals surface area (Å²) >= 11 is 5.95. The van der Waals surface area contributed by atoms with E-state index in [1.54, 1.807) is 23.7 Å². The number of aromatic nitrogens is 3. The van der Waals surface area contributed by atoms with Crippen LogP contribution in [0.1, 0.15) is 34.8 Å². The van der Waals surface area contributed by atoms with Crippen molar-refractivity contribution in [2.45, 2.75) is 32.4 Å². The number of primary amides is 1. The van der Waals surface area contributed by atoms with Crippen LogP contribution in [-0.4, -0.2) is 44.1 Å². The Hall–Kier alpha value is -3.23. The Morgan fingerprint density at radius 2 is 1.94 bits per heavy atom. The zero-order valence-electron chi connectivity index (χ0n) is 17.1. The molecule has 1 atom stereocenters. The third-order valence-electron chi connectivity index (χ3n) is 5.37. The maximum Gasteiger partial charge on any atom is 0.295 e. The van der Waals surface area contributed by atoms with Crippen molar-refractivity contribution in [2.24, 2.45) is 5.73 Å². The molecule has 3 aromatic rings. The molecule has 31 heavy (non-hydrogen) atoms. The van der Waals surface area contributed by atoms with E-state index < -0.39 is 5.91 Å². The molecule has 160 valence electrons. The second-order valence-corrected chi connectivity index (χ2v) is 7.95. The number of rotatable bonds is 6. The summed E-state index contributed by atoms with van der Waals surface area (Å²) in [5.74, 6) is -0.0665. The van der Waals surface area contributed by atoms with E-state index in [-0.39, 0.29) is 17.8 Å². The number of benzene rings is 2. The summed E-state index contributed by atoms with van der Waals surface area (Å²) < 4.78 is 1.60. The topological polar surface area (TPSA) is 106 Å². The SMILES string of the molecule is Cc1nc(C(=O)Nc2ccccc2CN2CCCC2C(N)=O)nn1-c1ccc(Cl)cc1. The molecule has 1 aliphatic heterocycles. The molecule has 4 rings (SSSR count). The lowest BCUT2D eigenvalue weighted by molar-refractivity contribution is -0.122. The monoisotopic (exact) mass is 438 g/mol. The van der Waals surface area contributed by atoms with Gasteiger partial charge < -0.3 is 11.1 Å². The van der Waals surface area contributed by atoms with Gasteiger partial charge in [0.15, 0.2) is 0 Å². The van der Waals surface area contributed by atoms with Crippen LogP contribution in [-0.2, 0) is 11.3 Å². The Morgan fingerprint density at radius 3 is 2.68 bits per heavy atom. The van der Waals surface area contributed by atoms with Crippen LogP contribution >= 0.6 is 11.6 Å². The Balaban J connectivity index is 1.53. The highest BCUT2D eigenvalue weighted by atomic mass is 35.5. The lowest BCUT2D eigenvalue weighted by Crippen LogP contribution is -2.39. The fraction of sp³-hybridized carbons (Fsp3) is 0.273. The molecule has 2 heterocycles. The van der Waals surface area contributed by atoms with Gasteiger partial charge in [-0.2, -0.15) is 0 Å². The van der Waals surface area contributed by atoms with Crippen molar-refractivity contribution < 1.29 is 9.59 Å². The van der Waals surface area contributed by atoms with Crippen LogP contribution < -0.4 is 11.1 Å². The number of aryl methyl sites for hydroxylation is 1. The van der Waals surface area contributed by atoms with Gasteiger partial charge in [0, 0.05) is 17.3 Å². The molecule has 2 aromatic carbocycles. The van der Waals surface area contributed by atoms with Crippen LogP contribution in [0.3, 0.4) is 0 Å². The number of anilines is 1. The van der Waals surface area contributed by atoms with E-state index >= 15 is 0 Å². The number of amides is 2. The highest BCUT2D eigenvalue weighted by Gasteiger charge is 2.29. The second kappa shape index (κ2) is 8.87. The van der Waals surface area contributed by atoms with Crippen LogP contribution in [0.2, 0.25) is 5.02 Å². The number of likely N-dealkylation sites (tertiary alicyclic amines) is 1. The van der Waals surface area contributed by atoms with E-state index in [1.807, 2.05) is 41.3 Å². The Morgan fingerprint density at radius 1 is 1.19 bits per heavy atom. The van der Waals surface area contributed by atoms with Crippen molar-refractivity contribution in [2.75, 3.05) is 11.9 Å². The zero-order valence-corrected chi connectivity index (χ0v) is 17.8. The first-order chi connectivity index (χ1) is 14.9. The average Bonchev–Trinajstić information content (AvgIpc) is 3.37. The highest BCUT2D eigenvalue weighted by molar-refractivity contribution is 6.30. The van der Waals surface area contributed by atoms with Gasteiger partial charge in [-0.05, 0) is 62.2 Å². The number of nitrogens with zero attached hydrogens (tertiary/aromatic N) is 4. The maximum atomic E-state index is 12.9. The van der Waals surface area contributed by atoms with Crippen LogP contribution in [0.5, 0.6) is 0 Å². The smallest absolute Gasteiger partial charge is 0.295 e. The van der Waals surface area contributed by atoms with Crippen LogP contribution in [0.4, 0.5) is 5.69 Å². The van der Waals surface area contributed by atoms with E-state index in [2.05, 4.69) is 15.4 Å². The van der Waals surface area contributed by atoms with E-state index in [1.165, 1.54) is 0 Å². The highest BCUT2D eigenvalue weighted by Crippen LogP contribution is 2.24. The van der Waals surface area contributed by atoms with Crippen LogP contribution in [0.25, 0.3) is 5.69 Å². The van der Waals surface area contributed by atoms with Gasteiger partial charge >= 0.3 is 0 Å². The number of nitrogens with two attached hydrogens (primary N) is 1. The molecule has 1 unspecified atom stereocenters. The number of nitrogens with one attached hydrogen (secondary N) is 1. The van der Waals surface area contributed by atoms with E-state index in [4.69, 9.17) is 17.3 Å². The van der Waals surface area contributed by atoms with Gasteiger partial charge in [-0.15, -0.1) is 5.10 Å². The largest absolute Gasteiger partial charge is 0.368 e. The molecule has 0 radical (unpaired) electrons. The molecule has 9 heteroatoms. The summed E-state index contributed by atoms with van der Waals surface area (Å²) in [6.45, 7) is 3.10. The second-order valence-electron chi connectivity index (χ2n) is 7.51. The minimum atomic E-state index is -0.406. The van der Waals surface area contributed by atoms with Gasteiger partial charge in [0.2, 0.25) is 11.7 Å². The first kappa shape index (κ1) is 21.0. The first-order valence-corrected chi connectivity index (χ1v) is 10.4. The first-order valence-electron chi connectivity index (χ1n) is 10.0. The molecule has 0 saturated carbocycles. The van der Waals surface area contributed by atoms with Crippen molar-refractivity contribution in [3.05, 3.63) is 70.8 Å². The van der Waals surface area contributed by atoms with Gasteiger partial charge in [-0.1, -0.05) is 29.8 Å². The standard InChI is InChI=1S/C22H23ClN6O2/c1-14-25-21(27-29(14)17-10-8-16(23)9-11-17)22(31)26-18-6-3-2-5-15(18)13-28-12-4-7-19(28)20(24)30/h2-3,5-6,8-11,19H,4,7,12-13H2,1H3,(H2,24,30)(H,26,31). The van der Waals surface area contributed by atoms with Crippen molar-refractivity contribution in [3.8, 4) is 5.69 Å². The number of hydrogen-bond acceptors (Lipinski definition) is 5. The zero-order chi connectivity index (χ0) is 22.0. The Bertz CT molecular complexity index is 1110. The van der Waals surface area contributed by atoms with Crippen molar-refractivity contribution in [3.63, 3.8) is 0 Å². The van der Waals surface area contributed by atoms with Gasteiger partial charge in [0.25, 0.3) is 5.91 Å². The molecule has 1 aliphatic rings. The van der Waals surface area contributed by atoms with E-state index in [0.717, 1.165) is 30.6 Å². The summed E-state index contributed by atoms with van der Waals surface area (Å²) in [6.07, 6.45) is 1.68. The van der Waals surface area contributed by atoms with Gasteiger partial charge in [0.1, 0.15) is 5.82 Å². The summed E-state index contributed by atoms with van der Waals surface area (Å²) in [5.41, 5.74) is 7.85. The summed E-state index contributed by atoms with van der Waals surface area (Å²) in [4.78, 5) is 30.9.